The van der Waals surface area contributed by atoms with Gasteiger partial charge in [0, 0.05) is 33.2 Å². The van der Waals surface area contributed by atoms with Crippen molar-refractivity contribution >= 4 is 44.9 Å². The molecule has 0 aliphatic rings. The molecule has 0 saturated heterocycles. The summed E-state index contributed by atoms with van der Waals surface area (Å²) in [7, 11) is 0. The minimum atomic E-state index is 0.846. The fraction of sp³-hybridized carbons (Fsp3) is 0.0909. The molecule has 0 aliphatic heterocycles. The van der Waals surface area contributed by atoms with Gasteiger partial charge in [-0.3, -0.25) is 4.98 Å². The van der Waals surface area contributed by atoms with E-state index in [0.717, 1.165) is 23.3 Å². The summed E-state index contributed by atoms with van der Waals surface area (Å²) < 4.78 is 1.24. The number of nitrogens with zero attached hydrogens (tertiary/aromatic N) is 2. The molecule has 3 nitrogen and oxygen atoms in total. The van der Waals surface area contributed by atoms with E-state index in [1.165, 1.54) is 25.6 Å². The second-order valence-electron chi connectivity index (χ2n) is 6.30. The van der Waals surface area contributed by atoms with Gasteiger partial charge in [-0.25, -0.2) is 4.98 Å². The Labute approximate surface area is 166 Å². The first-order valence-corrected chi connectivity index (χ1v) is 9.57. The molecular formula is C22H18IN3. The predicted molar refractivity (Wildman–Crippen MR) is 116 cm³/mol. The fourth-order valence-corrected chi connectivity index (χ4v) is 3.53. The summed E-state index contributed by atoms with van der Waals surface area (Å²) in [5.41, 5.74) is 4.79. The SMILES string of the molecule is Cc1ccc(Nc2ncc(Cc3ccncc3)c3ccccc23)cc1I. The number of aryl methyl sites for hydroxylation is 1. The maximum atomic E-state index is 4.72. The van der Waals surface area contributed by atoms with Crippen molar-refractivity contribution in [2.45, 2.75) is 13.3 Å². The van der Waals surface area contributed by atoms with E-state index in [2.05, 4.69) is 94.4 Å². The number of hydrogen-bond donors (Lipinski definition) is 1. The molecule has 4 heteroatoms. The van der Waals surface area contributed by atoms with Crippen LogP contribution in [0.15, 0.2) is 73.2 Å². The number of rotatable bonds is 4. The smallest absolute Gasteiger partial charge is 0.138 e. The normalized spacial score (nSPS) is 10.8. The van der Waals surface area contributed by atoms with E-state index >= 15 is 0 Å². The Balaban J connectivity index is 1.73. The lowest BCUT2D eigenvalue weighted by Gasteiger charge is -2.13. The second kappa shape index (κ2) is 7.41. The maximum Gasteiger partial charge on any atom is 0.138 e. The molecule has 0 fully saturated rings. The summed E-state index contributed by atoms with van der Waals surface area (Å²) >= 11 is 2.36. The third kappa shape index (κ3) is 3.55. The second-order valence-corrected chi connectivity index (χ2v) is 7.46. The topological polar surface area (TPSA) is 37.8 Å². The van der Waals surface area contributed by atoms with E-state index in [0.29, 0.717) is 0 Å². The number of aromatic nitrogens is 2. The van der Waals surface area contributed by atoms with Crippen LogP contribution in [0.25, 0.3) is 10.8 Å². The van der Waals surface area contributed by atoms with Gasteiger partial charge in [-0.1, -0.05) is 30.3 Å². The summed E-state index contributed by atoms with van der Waals surface area (Å²) in [6, 6.07) is 18.9. The third-order valence-electron chi connectivity index (χ3n) is 4.46. The Bertz CT molecular complexity index is 1060. The summed E-state index contributed by atoms with van der Waals surface area (Å²) in [4.78, 5) is 8.82. The Morgan fingerprint density at radius 2 is 1.73 bits per heavy atom. The zero-order valence-electron chi connectivity index (χ0n) is 14.4. The maximum absolute atomic E-state index is 4.72. The van der Waals surface area contributed by atoms with Gasteiger partial charge < -0.3 is 5.32 Å². The molecule has 26 heavy (non-hydrogen) atoms. The van der Waals surface area contributed by atoms with Crippen LogP contribution >= 0.6 is 22.6 Å². The van der Waals surface area contributed by atoms with Gasteiger partial charge in [-0.15, -0.1) is 0 Å². The summed E-state index contributed by atoms with van der Waals surface area (Å²) in [5, 5.41) is 5.84. The van der Waals surface area contributed by atoms with Gasteiger partial charge >= 0.3 is 0 Å². The van der Waals surface area contributed by atoms with Gasteiger partial charge in [0.15, 0.2) is 0 Å². The molecule has 0 atom stereocenters. The zero-order chi connectivity index (χ0) is 17.9. The van der Waals surface area contributed by atoms with Crippen LogP contribution in [0.4, 0.5) is 11.5 Å². The van der Waals surface area contributed by atoms with E-state index in [-0.39, 0.29) is 0 Å². The highest BCUT2D eigenvalue weighted by molar-refractivity contribution is 14.1. The molecule has 1 N–H and O–H groups in total. The fourth-order valence-electron chi connectivity index (χ4n) is 3.02. The van der Waals surface area contributed by atoms with Crippen molar-refractivity contribution < 1.29 is 0 Å². The first-order chi connectivity index (χ1) is 12.7. The van der Waals surface area contributed by atoms with Gasteiger partial charge in [0.2, 0.25) is 0 Å². The minimum absolute atomic E-state index is 0.846. The van der Waals surface area contributed by atoms with Crippen LogP contribution in [-0.4, -0.2) is 9.97 Å². The predicted octanol–water partition coefficient (Wildman–Crippen LogP) is 5.88. The number of pyridine rings is 2. The molecule has 4 aromatic rings. The van der Waals surface area contributed by atoms with Gasteiger partial charge in [0.1, 0.15) is 5.82 Å². The first-order valence-electron chi connectivity index (χ1n) is 8.49. The number of benzene rings is 2. The van der Waals surface area contributed by atoms with E-state index < -0.39 is 0 Å². The molecule has 0 spiro atoms. The minimum Gasteiger partial charge on any atom is -0.340 e. The van der Waals surface area contributed by atoms with Gasteiger partial charge in [-0.2, -0.15) is 0 Å². The summed E-state index contributed by atoms with van der Waals surface area (Å²) in [5.74, 6) is 0.888. The third-order valence-corrected chi connectivity index (χ3v) is 5.62. The monoisotopic (exact) mass is 451 g/mol. The van der Waals surface area contributed by atoms with Crippen LogP contribution < -0.4 is 5.32 Å². The van der Waals surface area contributed by atoms with Crippen LogP contribution in [0.2, 0.25) is 0 Å². The van der Waals surface area contributed by atoms with E-state index in [1.54, 1.807) is 0 Å². The number of anilines is 2. The molecule has 0 bridgehead atoms. The largest absolute Gasteiger partial charge is 0.340 e. The lowest BCUT2D eigenvalue weighted by molar-refractivity contribution is 1.15. The number of fused-ring (bicyclic) bond motifs is 1. The highest BCUT2D eigenvalue weighted by atomic mass is 127. The molecule has 0 unspecified atom stereocenters. The standard InChI is InChI=1S/C22H18IN3/c1-15-6-7-18(13-21(15)23)26-22-20-5-3-2-4-19(20)17(14-25-22)12-16-8-10-24-11-9-16/h2-11,13-14H,12H2,1H3,(H,25,26). The van der Waals surface area contributed by atoms with Crippen LogP contribution in [0.3, 0.4) is 0 Å². The van der Waals surface area contributed by atoms with Crippen LogP contribution in [-0.2, 0) is 6.42 Å². The highest BCUT2D eigenvalue weighted by Gasteiger charge is 2.09. The van der Waals surface area contributed by atoms with Gasteiger partial charge in [0.05, 0.1) is 0 Å². The van der Waals surface area contributed by atoms with E-state index in [1.807, 2.05) is 18.6 Å². The number of nitrogens with one attached hydrogen (secondary N) is 1. The Morgan fingerprint density at radius 3 is 2.50 bits per heavy atom. The average molecular weight is 451 g/mol. The Hall–Kier alpha value is -2.47. The van der Waals surface area contributed by atoms with E-state index in [4.69, 9.17) is 4.98 Å². The van der Waals surface area contributed by atoms with Crippen LogP contribution in [0.5, 0.6) is 0 Å². The lowest BCUT2D eigenvalue weighted by Crippen LogP contribution is -1.99. The van der Waals surface area contributed by atoms with Crippen molar-refractivity contribution in [1.29, 1.82) is 0 Å². The van der Waals surface area contributed by atoms with Gasteiger partial charge in [-0.05, 0) is 82.3 Å². The van der Waals surface area contributed by atoms with Crippen molar-refractivity contribution in [2.75, 3.05) is 5.32 Å². The molecule has 0 radical (unpaired) electrons. The molecule has 0 amide bonds. The zero-order valence-corrected chi connectivity index (χ0v) is 16.6. The average Bonchev–Trinajstić information content (AvgIpc) is 2.67. The Morgan fingerprint density at radius 1 is 0.962 bits per heavy atom. The van der Waals surface area contributed by atoms with Crippen LogP contribution in [0.1, 0.15) is 16.7 Å². The van der Waals surface area contributed by atoms with Crippen molar-refractivity contribution in [1.82, 2.24) is 9.97 Å². The molecule has 2 heterocycles. The van der Waals surface area contributed by atoms with Crippen molar-refractivity contribution in [2.24, 2.45) is 0 Å². The number of hydrogen-bond acceptors (Lipinski definition) is 3. The molecule has 2 aromatic carbocycles. The molecule has 0 saturated carbocycles. The van der Waals surface area contributed by atoms with Crippen molar-refractivity contribution in [3.05, 3.63) is 93.4 Å². The molecular weight excluding hydrogens is 433 g/mol. The quantitative estimate of drug-likeness (QED) is 0.394. The van der Waals surface area contributed by atoms with Gasteiger partial charge in [0.25, 0.3) is 0 Å². The number of halogens is 1. The van der Waals surface area contributed by atoms with Crippen LogP contribution in [0, 0.1) is 10.5 Å². The Kier molecular flexibility index (Phi) is 4.84. The first kappa shape index (κ1) is 17.0. The summed E-state index contributed by atoms with van der Waals surface area (Å²) in [6.45, 7) is 2.12. The highest BCUT2D eigenvalue weighted by Crippen LogP contribution is 2.29. The van der Waals surface area contributed by atoms with Crippen molar-refractivity contribution in [3.8, 4) is 0 Å². The lowest BCUT2D eigenvalue weighted by atomic mass is 10.0. The molecule has 0 aliphatic carbocycles. The molecule has 128 valence electrons. The van der Waals surface area contributed by atoms with Crippen molar-refractivity contribution in [3.63, 3.8) is 0 Å². The summed E-state index contributed by atoms with van der Waals surface area (Å²) in [6.07, 6.45) is 6.49. The van der Waals surface area contributed by atoms with E-state index in [9.17, 15) is 0 Å². The molecule has 4 rings (SSSR count). The molecule has 2 aromatic heterocycles.